The number of hydrogen-bond donors (Lipinski definition) is 2. The first-order valence-electron chi connectivity index (χ1n) is 13.5. The predicted octanol–water partition coefficient (Wildman–Crippen LogP) is 5.18. The summed E-state index contributed by atoms with van der Waals surface area (Å²) >= 11 is 5.83. The van der Waals surface area contributed by atoms with E-state index < -0.39 is 17.9 Å². The summed E-state index contributed by atoms with van der Waals surface area (Å²) in [7, 11) is 1.87. The number of imidazole rings is 1. The van der Waals surface area contributed by atoms with E-state index >= 15 is 0 Å². The Kier molecular flexibility index (Phi) is 8.72. The van der Waals surface area contributed by atoms with Crippen molar-refractivity contribution in [3.05, 3.63) is 82.0 Å². The van der Waals surface area contributed by atoms with Gasteiger partial charge in [0.1, 0.15) is 35.6 Å². The maximum atomic E-state index is 14.1. The fraction of sp³-hybridized carbons (Fsp3) is 0.367. The zero-order valence-electron chi connectivity index (χ0n) is 22.9. The summed E-state index contributed by atoms with van der Waals surface area (Å²) in [5.41, 5.74) is 2.70. The molecule has 1 saturated heterocycles. The van der Waals surface area contributed by atoms with Gasteiger partial charge in [-0.2, -0.15) is 0 Å². The van der Waals surface area contributed by atoms with Crippen LogP contribution in [0.5, 0.6) is 11.6 Å². The summed E-state index contributed by atoms with van der Waals surface area (Å²) in [5, 5.41) is 19.4. The first-order valence-corrected chi connectivity index (χ1v) is 13.9. The molecule has 4 aromatic rings. The van der Waals surface area contributed by atoms with Crippen molar-refractivity contribution in [2.75, 3.05) is 19.7 Å². The molecular weight excluding hydrogens is 551 g/mol. The molecule has 0 bridgehead atoms. The van der Waals surface area contributed by atoms with Crippen LogP contribution in [0.3, 0.4) is 0 Å². The highest BCUT2D eigenvalue weighted by atomic mass is 35.5. The van der Waals surface area contributed by atoms with Gasteiger partial charge in [0.25, 0.3) is 0 Å². The zero-order chi connectivity index (χ0) is 29.1. The molecule has 5 rings (SSSR count). The molecule has 1 aliphatic heterocycles. The number of nitrogens with zero attached hydrogens (tertiary/aromatic N) is 4. The highest BCUT2D eigenvalue weighted by Gasteiger charge is 2.24. The number of pyridine rings is 1. The van der Waals surface area contributed by atoms with E-state index in [9.17, 15) is 19.4 Å². The molecule has 2 aromatic carbocycles. The molecule has 41 heavy (non-hydrogen) atoms. The summed E-state index contributed by atoms with van der Waals surface area (Å²) < 4.78 is 27.6. The van der Waals surface area contributed by atoms with E-state index in [0.717, 1.165) is 37.4 Å². The number of aryl methyl sites for hydroxylation is 1. The van der Waals surface area contributed by atoms with Gasteiger partial charge in [0, 0.05) is 35.3 Å². The Morgan fingerprint density at radius 2 is 1.95 bits per heavy atom. The van der Waals surface area contributed by atoms with Crippen molar-refractivity contribution in [3.63, 3.8) is 0 Å². The van der Waals surface area contributed by atoms with Crippen molar-refractivity contribution in [1.29, 1.82) is 0 Å². The van der Waals surface area contributed by atoms with Gasteiger partial charge < -0.3 is 24.3 Å². The molecular formula is C30H32ClFN4O5. The second-order valence-corrected chi connectivity index (χ2v) is 10.8. The number of carboxylic acids is 1. The van der Waals surface area contributed by atoms with Crippen LogP contribution in [0.2, 0.25) is 5.02 Å². The van der Waals surface area contributed by atoms with Gasteiger partial charge in [0.05, 0.1) is 24.2 Å². The molecule has 0 radical (unpaired) electrons. The van der Waals surface area contributed by atoms with Crippen molar-refractivity contribution in [2.45, 2.75) is 44.9 Å². The lowest BCUT2D eigenvalue weighted by Gasteiger charge is -2.31. The average Bonchev–Trinajstić information content (AvgIpc) is 3.28. The number of aliphatic hydroxyl groups is 1. The fourth-order valence-electron chi connectivity index (χ4n) is 5.03. The maximum Gasteiger partial charge on any atom is 0.335 e. The van der Waals surface area contributed by atoms with Gasteiger partial charge in [-0.25, -0.2) is 19.2 Å². The smallest absolute Gasteiger partial charge is 0.335 e. The number of rotatable bonds is 10. The molecule has 1 unspecified atom stereocenters. The number of aliphatic hydroxyl groups excluding tert-OH is 1. The average molecular weight is 583 g/mol. The van der Waals surface area contributed by atoms with Crippen LogP contribution in [0.4, 0.5) is 4.39 Å². The third-order valence-electron chi connectivity index (χ3n) is 7.38. The molecule has 9 nitrogen and oxygen atoms in total. The fourth-order valence-corrected chi connectivity index (χ4v) is 5.19. The van der Waals surface area contributed by atoms with Gasteiger partial charge in [0.15, 0.2) is 0 Å². The molecule has 2 N–H and O–H groups in total. The third-order valence-corrected chi connectivity index (χ3v) is 7.62. The topological polar surface area (TPSA) is 110 Å². The van der Waals surface area contributed by atoms with Gasteiger partial charge in [-0.1, -0.05) is 23.7 Å². The van der Waals surface area contributed by atoms with Crippen LogP contribution in [-0.2, 0) is 20.2 Å². The maximum absolute atomic E-state index is 14.1. The zero-order valence-corrected chi connectivity index (χ0v) is 23.6. The van der Waals surface area contributed by atoms with Gasteiger partial charge in [-0.15, -0.1) is 0 Å². The number of carboxylic acid groups (broad SMARTS) is 1. The Balaban J connectivity index is 1.24. The minimum atomic E-state index is -1.06. The molecule has 3 heterocycles. The van der Waals surface area contributed by atoms with E-state index in [2.05, 4.69) is 9.88 Å². The van der Waals surface area contributed by atoms with E-state index in [4.69, 9.17) is 26.1 Å². The molecule has 1 fully saturated rings. The summed E-state index contributed by atoms with van der Waals surface area (Å²) in [6, 6.07) is 13.2. The number of piperidine rings is 1. The molecule has 0 amide bonds. The number of ether oxygens (including phenoxy) is 2. The van der Waals surface area contributed by atoms with Crippen molar-refractivity contribution >= 4 is 28.6 Å². The number of fused-ring (bicyclic) bond motifs is 1. The second kappa shape index (κ2) is 12.4. The molecule has 1 atom stereocenters. The first kappa shape index (κ1) is 28.8. The van der Waals surface area contributed by atoms with Gasteiger partial charge in [-0.3, -0.25) is 4.90 Å². The van der Waals surface area contributed by atoms with Crippen molar-refractivity contribution in [1.82, 2.24) is 19.4 Å². The number of carbonyl (C=O) groups is 1. The van der Waals surface area contributed by atoms with Crippen LogP contribution in [-0.4, -0.2) is 61.4 Å². The Hall–Kier alpha value is -3.73. The quantitative estimate of drug-likeness (QED) is 0.263. The highest BCUT2D eigenvalue weighted by molar-refractivity contribution is 6.30. The lowest BCUT2D eigenvalue weighted by Crippen LogP contribution is -2.33. The van der Waals surface area contributed by atoms with Crippen LogP contribution >= 0.6 is 11.6 Å². The Labute approximate surface area is 242 Å². The summed E-state index contributed by atoms with van der Waals surface area (Å²) in [4.78, 5) is 23.5. The van der Waals surface area contributed by atoms with Gasteiger partial charge >= 0.3 is 5.97 Å². The summed E-state index contributed by atoms with van der Waals surface area (Å²) in [5.74, 6) is 0.388. The normalized spacial score (nSPS) is 15.2. The number of aromatic carboxylic acids is 1. The standard InChI is InChI=1S/C30H32ClFN4O5/c1-18(16-37)41-26-13-21(30(38)39)12-25-29(26)34-27(35(25)2)15-36-10-8-19(9-11-36)24-4-3-5-28(33-24)40-17-20-6-7-22(31)14-23(20)32/h3-7,12-14,18-19,37H,8-11,15-17H2,1-2H3,(H,38,39). The van der Waals surface area contributed by atoms with E-state index in [1.807, 2.05) is 23.7 Å². The Morgan fingerprint density at radius 1 is 1.17 bits per heavy atom. The Bertz CT molecular complexity index is 1550. The molecule has 0 saturated carbocycles. The number of halogens is 2. The summed E-state index contributed by atoms with van der Waals surface area (Å²) in [6.07, 6.45) is 1.30. The van der Waals surface area contributed by atoms with Crippen LogP contribution in [0.1, 0.15) is 53.1 Å². The Morgan fingerprint density at radius 3 is 2.66 bits per heavy atom. The van der Waals surface area contributed by atoms with Gasteiger partial charge in [-0.05, 0) is 63.2 Å². The van der Waals surface area contributed by atoms with E-state index in [-0.39, 0.29) is 24.7 Å². The van der Waals surface area contributed by atoms with Crippen molar-refractivity contribution in [2.24, 2.45) is 7.05 Å². The van der Waals surface area contributed by atoms with Crippen molar-refractivity contribution in [3.8, 4) is 11.6 Å². The molecule has 0 aliphatic carbocycles. The van der Waals surface area contributed by atoms with Crippen LogP contribution in [0.25, 0.3) is 11.0 Å². The molecule has 1 aliphatic rings. The highest BCUT2D eigenvalue weighted by Crippen LogP contribution is 2.31. The lowest BCUT2D eigenvalue weighted by atomic mass is 9.93. The largest absolute Gasteiger partial charge is 0.486 e. The van der Waals surface area contributed by atoms with Crippen LogP contribution in [0, 0.1) is 5.82 Å². The minimum Gasteiger partial charge on any atom is -0.486 e. The van der Waals surface area contributed by atoms with Gasteiger partial charge in [0.2, 0.25) is 5.88 Å². The number of hydrogen-bond acceptors (Lipinski definition) is 7. The number of aromatic nitrogens is 3. The summed E-state index contributed by atoms with van der Waals surface area (Å²) in [6.45, 7) is 3.85. The lowest BCUT2D eigenvalue weighted by molar-refractivity contribution is 0.0696. The predicted molar refractivity (Wildman–Crippen MR) is 152 cm³/mol. The second-order valence-electron chi connectivity index (χ2n) is 10.3. The molecule has 0 spiro atoms. The number of likely N-dealkylation sites (tertiary alicyclic amines) is 1. The minimum absolute atomic E-state index is 0.0650. The molecule has 2 aromatic heterocycles. The first-order chi connectivity index (χ1) is 19.7. The molecule has 11 heteroatoms. The SMILES string of the molecule is CC(CO)Oc1cc(C(=O)O)cc2c1nc(CN1CCC(c3cccc(OCc4ccc(Cl)cc4F)n3)CC1)n2C. The van der Waals surface area contributed by atoms with E-state index in [1.54, 1.807) is 31.2 Å². The number of benzene rings is 2. The van der Waals surface area contributed by atoms with Crippen LogP contribution < -0.4 is 9.47 Å². The van der Waals surface area contributed by atoms with Crippen LogP contribution in [0.15, 0.2) is 48.5 Å². The molecule has 216 valence electrons. The van der Waals surface area contributed by atoms with E-state index in [0.29, 0.717) is 39.8 Å². The van der Waals surface area contributed by atoms with Crippen molar-refractivity contribution < 1.29 is 28.9 Å². The third kappa shape index (κ3) is 6.61. The monoisotopic (exact) mass is 582 g/mol. The van der Waals surface area contributed by atoms with E-state index in [1.165, 1.54) is 12.1 Å².